The molecular weight excluding hydrogens is 420 g/mol. The number of aromatic nitrogens is 3. The zero-order valence-electron chi connectivity index (χ0n) is 16.9. The van der Waals surface area contributed by atoms with E-state index in [4.69, 9.17) is 17.0 Å². The molecule has 1 N–H and O–H groups in total. The SMILES string of the molecule is CCc1ccc(-c2cc(C(F)F)c3c(=O)[nH]c(=S)n(-c4ccccc4OC)c3n2)cc1. The summed E-state index contributed by atoms with van der Waals surface area (Å²) in [5.41, 5.74) is 1.54. The van der Waals surface area contributed by atoms with E-state index in [1.807, 2.05) is 31.2 Å². The van der Waals surface area contributed by atoms with Crippen LogP contribution in [0.15, 0.2) is 59.4 Å². The number of fused-ring (bicyclic) bond motifs is 1. The fourth-order valence-corrected chi connectivity index (χ4v) is 3.80. The van der Waals surface area contributed by atoms with Crippen LogP contribution in [0.4, 0.5) is 8.78 Å². The first-order valence-corrected chi connectivity index (χ1v) is 10.1. The molecule has 4 aromatic rings. The zero-order chi connectivity index (χ0) is 22.1. The average molecular weight is 439 g/mol. The number of H-pyrrole nitrogens is 1. The van der Waals surface area contributed by atoms with Crippen molar-refractivity contribution in [1.29, 1.82) is 0 Å². The van der Waals surface area contributed by atoms with E-state index >= 15 is 0 Å². The van der Waals surface area contributed by atoms with Gasteiger partial charge >= 0.3 is 0 Å². The van der Waals surface area contributed by atoms with Gasteiger partial charge in [0.25, 0.3) is 12.0 Å². The second-order valence-corrected chi connectivity index (χ2v) is 7.30. The quantitative estimate of drug-likeness (QED) is 0.410. The number of aryl methyl sites for hydroxylation is 1. The second-order valence-electron chi connectivity index (χ2n) is 6.91. The number of para-hydroxylation sites is 2. The fraction of sp³-hybridized carbons (Fsp3) is 0.174. The van der Waals surface area contributed by atoms with Gasteiger partial charge < -0.3 is 4.74 Å². The minimum Gasteiger partial charge on any atom is -0.495 e. The van der Waals surface area contributed by atoms with Crippen LogP contribution < -0.4 is 10.3 Å². The average Bonchev–Trinajstić information content (AvgIpc) is 2.78. The first-order valence-electron chi connectivity index (χ1n) is 9.65. The minimum atomic E-state index is -2.87. The molecule has 0 aliphatic heterocycles. The van der Waals surface area contributed by atoms with Crippen LogP contribution in [0, 0.1) is 4.77 Å². The van der Waals surface area contributed by atoms with E-state index in [1.54, 1.807) is 24.3 Å². The number of nitrogens with one attached hydrogen (secondary N) is 1. The van der Waals surface area contributed by atoms with Gasteiger partial charge in [0.2, 0.25) is 0 Å². The number of nitrogens with zero attached hydrogens (tertiary/aromatic N) is 2. The Labute approximate surface area is 182 Å². The molecule has 0 atom stereocenters. The van der Waals surface area contributed by atoms with Gasteiger partial charge in [-0.3, -0.25) is 14.3 Å². The predicted molar refractivity (Wildman–Crippen MR) is 119 cm³/mol. The van der Waals surface area contributed by atoms with Gasteiger partial charge in [-0.25, -0.2) is 13.8 Å². The molecule has 0 saturated carbocycles. The van der Waals surface area contributed by atoms with E-state index < -0.39 is 17.5 Å². The molecular formula is C23H19F2N3O2S. The largest absolute Gasteiger partial charge is 0.495 e. The number of hydrogen-bond donors (Lipinski definition) is 1. The van der Waals surface area contributed by atoms with Crippen LogP contribution in [0.1, 0.15) is 24.5 Å². The van der Waals surface area contributed by atoms with E-state index in [1.165, 1.54) is 17.7 Å². The van der Waals surface area contributed by atoms with E-state index in [2.05, 4.69) is 9.97 Å². The van der Waals surface area contributed by atoms with Crippen molar-refractivity contribution < 1.29 is 13.5 Å². The fourth-order valence-electron chi connectivity index (χ4n) is 3.53. The van der Waals surface area contributed by atoms with Gasteiger partial charge in [0.15, 0.2) is 10.4 Å². The number of pyridine rings is 1. The zero-order valence-corrected chi connectivity index (χ0v) is 17.7. The predicted octanol–water partition coefficient (Wildman–Crippen LogP) is 5.62. The number of alkyl halides is 2. The maximum absolute atomic E-state index is 14.0. The lowest BCUT2D eigenvalue weighted by atomic mass is 10.0. The molecule has 2 aromatic heterocycles. The number of benzene rings is 2. The number of aromatic amines is 1. The van der Waals surface area contributed by atoms with E-state index in [0.29, 0.717) is 22.7 Å². The summed E-state index contributed by atoms with van der Waals surface area (Å²) in [5.74, 6) is 0.463. The molecule has 2 heterocycles. The number of halogens is 2. The summed E-state index contributed by atoms with van der Waals surface area (Å²) in [5, 5.41) is -0.205. The molecule has 0 bridgehead atoms. The summed E-state index contributed by atoms with van der Waals surface area (Å²) in [6.07, 6.45) is -2.02. The van der Waals surface area contributed by atoms with Gasteiger partial charge in [-0.15, -0.1) is 0 Å². The number of ether oxygens (including phenoxy) is 1. The smallest absolute Gasteiger partial charge is 0.264 e. The summed E-state index contributed by atoms with van der Waals surface area (Å²) < 4.78 is 35.0. The molecule has 0 radical (unpaired) electrons. The minimum absolute atomic E-state index is 0.0354. The number of rotatable bonds is 5. The Morgan fingerprint density at radius 2 is 1.87 bits per heavy atom. The monoisotopic (exact) mass is 439 g/mol. The van der Waals surface area contributed by atoms with Gasteiger partial charge in [-0.05, 0) is 42.4 Å². The first-order chi connectivity index (χ1) is 14.9. The van der Waals surface area contributed by atoms with Crippen molar-refractivity contribution in [2.45, 2.75) is 19.8 Å². The lowest BCUT2D eigenvalue weighted by Gasteiger charge is -2.16. The molecule has 0 saturated heterocycles. The maximum atomic E-state index is 14.0. The highest BCUT2D eigenvalue weighted by atomic mass is 32.1. The normalized spacial score (nSPS) is 11.3. The van der Waals surface area contributed by atoms with Crippen molar-refractivity contribution in [1.82, 2.24) is 14.5 Å². The van der Waals surface area contributed by atoms with Crippen molar-refractivity contribution >= 4 is 23.3 Å². The van der Waals surface area contributed by atoms with Crippen LogP contribution in [-0.4, -0.2) is 21.6 Å². The molecule has 0 unspecified atom stereocenters. The van der Waals surface area contributed by atoms with Crippen LogP contribution in [0.2, 0.25) is 0 Å². The van der Waals surface area contributed by atoms with E-state index in [9.17, 15) is 13.6 Å². The first kappa shape index (κ1) is 20.9. The molecule has 8 heteroatoms. The summed E-state index contributed by atoms with van der Waals surface area (Å²) in [7, 11) is 1.50. The molecule has 31 heavy (non-hydrogen) atoms. The standard InChI is InChI=1S/C23H19F2N3O2S/c1-3-13-8-10-14(11-9-13)16-12-15(20(24)25)19-21(26-16)28(23(31)27-22(19)29)17-6-4-5-7-18(17)30-2/h4-12,20H,3H2,1-2H3,(H,27,29,31). The molecule has 0 aliphatic carbocycles. The molecule has 158 valence electrons. The summed E-state index contributed by atoms with van der Waals surface area (Å²) in [6, 6.07) is 15.8. The highest BCUT2D eigenvalue weighted by Gasteiger charge is 2.21. The highest BCUT2D eigenvalue weighted by Crippen LogP contribution is 2.32. The van der Waals surface area contributed by atoms with Crippen LogP contribution in [0.5, 0.6) is 5.75 Å². The lowest BCUT2D eigenvalue weighted by molar-refractivity contribution is 0.153. The Morgan fingerprint density at radius 1 is 1.16 bits per heavy atom. The van der Waals surface area contributed by atoms with Crippen LogP contribution in [-0.2, 0) is 6.42 Å². The van der Waals surface area contributed by atoms with E-state index in [0.717, 1.165) is 12.0 Å². The van der Waals surface area contributed by atoms with Crippen molar-refractivity contribution in [3.63, 3.8) is 0 Å². The van der Waals surface area contributed by atoms with Crippen molar-refractivity contribution in [3.05, 3.63) is 80.8 Å². The van der Waals surface area contributed by atoms with Gasteiger partial charge in [0, 0.05) is 11.1 Å². The van der Waals surface area contributed by atoms with Crippen molar-refractivity contribution in [3.8, 4) is 22.7 Å². The Bertz CT molecular complexity index is 1380. The Hall–Kier alpha value is -3.39. The highest BCUT2D eigenvalue weighted by molar-refractivity contribution is 7.71. The molecule has 2 aromatic carbocycles. The molecule has 4 rings (SSSR count). The summed E-state index contributed by atoms with van der Waals surface area (Å²) >= 11 is 5.38. The number of methoxy groups -OCH3 is 1. The van der Waals surface area contributed by atoms with Gasteiger partial charge in [0.05, 0.1) is 23.9 Å². The van der Waals surface area contributed by atoms with Crippen LogP contribution in [0.25, 0.3) is 28.0 Å². The Balaban J connectivity index is 2.12. The Kier molecular flexibility index (Phi) is 5.65. The van der Waals surface area contributed by atoms with Gasteiger partial charge in [-0.1, -0.05) is 43.3 Å². The van der Waals surface area contributed by atoms with Crippen LogP contribution >= 0.6 is 12.2 Å². The third-order valence-corrected chi connectivity index (χ3v) is 5.40. The lowest BCUT2D eigenvalue weighted by Crippen LogP contribution is -2.17. The third kappa shape index (κ3) is 3.74. The molecule has 5 nitrogen and oxygen atoms in total. The molecule has 0 spiro atoms. The Morgan fingerprint density at radius 3 is 2.52 bits per heavy atom. The van der Waals surface area contributed by atoms with Crippen molar-refractivity contribution in [2.75, 3.05) is 7.11 Å². The molecule has 0 aliphatic rings. The summed E-state index contributed by atoms with van der Waals surface area (Å²) in [4.78, 5) is 19.8. The van der Waals surface area contributed by atoms with Gasteiger partial charge in [-0.2, -0.15) is 0 Å². The van der Waals surface area contributed by atoms with Gasteiger partial charge in [0.1, 0.15) is 5.75 Å². The van der Waals surface area contributed by atoms with Crippen LogP contribution in [0.3, 0.4) is 0 Å². The topological polar surface area (TPSA) is 59.9 Å². The number of hydrogen-bond acceptors (Lipinski definition) is 4. The second kappa shape index (κ2) is 8.39. The molecule has 0 amide bonds. The summed E-state index contributed by atoms with van der Waals surface area (Å²) in [6.45, 7) is 2.03. The van der Waals surface area contributed by atoms with Crippen molar-refractivity contribution in [2.24, 2.45) is 0 Å². The maximum Gasteiger partial charge on any atom is 0.264 e. The third-order valence-electron chi connectivity index (χ3n) is 5.11. The van der Waals surface area contributed by atoms with E-state index in [-0.39, 0.29) is 15.8 Å². The molecule has 0 fully saturated rings.